The average molecular weight is 368 g/mol. The normalized spacial score (nSPS) is 20.6. The van der Waals surface area contributed by atoms with Crippen LogP contribution in [0.15, 0.2) is 12.1 Å². The van der Waals surface area contributed by atoms with Crippen molar-refractivity contribution in [2.24, 2.45) is 0 Å². The van der Waals surface area contributed by atoms with Crippen LogP contribution in [-0.4, -0.2) is 65.0 Å². The minimum absolute atomic E-state index is 0.0513. The third-order valence-electron chi connectivity index (χ3n) is 4.62. The van der Waals surface area contributed by atoms with E-state index in [2.05, 4.69) is 29.3 Å². The molecule has 2 amide bonds. The highest BCUT2D eigenvalue weighted by Gasteiger charge is 2.38. The Morgan fingerprint density at radius 1 is 1.36 bits per heavy atom. The third kappa shape index (κ3) is 5.26. The van der Waals surface area contributed by atoms with Crippen molar-refractivity contribution >= 4 is 23.2 Å². The third-order valence-corrected chi connectivity index (χ3v) is 5.61. The molecule has 0 unspecified atom stereocenters. The lowest BCUT2D eigenvalue weighted by Crippen LogP contribution is -2.45. The minimum Gasteiger partial charge on any atom is -0.396 e. The van der Waals surface area contributed by atoms with Gasteiger partial charge in [0.15, 0.2) is 0 Å². The molecule has 2 N–H and O–H groups in total. The zero-order valence-corrected chi connectivity index (χ0v) is 16.1. The van der Waals surface area contributed by atoms with E-state index in [4.69, 9.17) is 5.11 Å². The average Bonchev–Trinajstić information content (AvgIpc) is 3.15. The number of amides is 2. The molecule has 1 aliphatic heterocycles. The van der Waals surface area contributed by atoms with E-state index in [1.54, 1.807) is 11.3 Å². The molecule has 0 bridgehead atoms. The molecule has 25 heavy (non-hydrogen) atoms. The number of aryl methyl sites for hydroxylation is 1. The Morgan fingerprint density at radius 3 is 2.64 bits per heavy atom. The van der Waals surface area contributed by atoms with Gasteiger partial charge >= 0.3 is 0 Å². The van der Waals surface area contributed by atoms with Gasteiger partial charge in [-0.2, -0.15) is 0 Å². The number of likely N-dealkylation sites (N-methyl/N-ethyl adjacent to an activating group) is 1. The van der Waals surface area contributed by atoms with Crippen molar-refractivity contribution in [1.29, 1.82) is 0 Å². The lowest BCUT2D eigenvalue weighted by molar-refractivity contribution is -0.135. The van der Waals surface area contributed by atoms with Crippen LogP contribution >= 0.6 is 11.3 Å². The van der Waals surface area contributed by atoms with Gasteiger partial charge < -0.3 is 15.3 Å². The molecule has 2 heterocycles. The van der Waals surface area contributed by atoms with Crippen LogP contribution in [0.3, 0.4) is 0 Å². The highest BCUT2D eigenvalue weighted by Crippen LogP contribution is 2.25. The number of rotatable bonds is 8. The van der Waals surface area contributed by atoms with Gasteiger partial charge in [0.05, 0.1) is 12.6 Å². The Balaban J connectivity index is 2.10. The number of thiophene rings is 1. The van der Waals surface area contributed by atoms with Crippen LogP contribution in [0.25, 0.3) is 0 Å². The van der Waals surface area contributed by atoms with Gasteiger partial charge in [-0.15, -0.1) is 11.3 Å². The maximum absolute atomic E-state index is 12.9. The Labute approximate surface area is 153 Å². The minimum atomic E-state index is -0.207. The van der Waals surface area contributed by atoms with Crippen LogP contribution < -0.4 is 5.32 Å². The highest BCUT2D eigenvalue weighted by atomic mass is 32.1. The van der Waals surface area contributed by atoms with E-state index in [1.807, 2.05) is 18.7 Å². The SMILES string of the molecule is CCN(CC)C(=O)[C@@H]1C[C@@H](NC(=O)CCO)CN1Cc1ccc(C)s1. The van der Waals surface area contributed by atoms with Crippen molar-refractivity contribution in [3.05, 3.63) is 21.9 Å². The van der Waals surface area contributed by atoms with Gasteiger partial charge in [-0.3, -0.25) is 14.5 Å². The molecule has 1 aliphatic rings. The van der Waals surface area contributed by atoms with Crippen LogP contribution in [0.5, 0.6) is 0 Å². The van der Waals surface area contributed by atoms with E-state index in [1.165, 1.54) is 9.75 Å². The smallest absolute Gasteiger partial charge is 0.240 e. The summed E-state index contributed by atoms with van der Waals surface area (Å²) >= 11 is 1.74. The van der Waals surface area contributed by atoms with Gasteiger partial charge in [0.2, 0.25) is 11.8 Å². The summed E-state index contributed by atoms with van der Waals surface area (Å²) in [6.07, 6.45) is 0.728. The standard InChI is InChI=1S/C18H29N3O3S/c1-4-20(5-2)18(24)16-10-14(19-17(23)8-9-22)11-21(16)12-15-7-6-13(3)25-15/h6-7,14,16,22H,4-5,8-12H2,1-3H3,(H,19,23)/t14-,16+/m1/s1. The molecule has 1 saturated heterocycles. The highest BCUT2D eigenvalue weighted by molar-refractivity contribution is 7.11. The van der Waals surface area contributed by atoms with Gasteiger partial charge in [-0.25, -0.2) is 0 Å². The number of nitrogens with zero attached hydrogens (tertiary/aromatic N) is 2. The Kier molecular flexibility index (Phi) is 7.40. The Bertz CT molecular complexity index is 586. The number of likely N-dealkylation sites (tertiary alicyclic amines) is 1. The van der Waals surface area contributed by atoms with Crippen molar-refractivity contribution in [1.82, 2.24) is 15.1 Å². The first-order chi connectivity index (χ1) is 12.0. The summed E-state index contributed by atoms with van der Waals surface area (Å²) in [7, 11) is 0. The summed E-state index contributed by atoms with van der Waals surface area (Å²) in [5.74, 6) is -0.0208. The zero-order valence-electron chi connectivity index (χ0n) is 15.3. The summed E-state index contributed by atoms with van der Waals surface area (Å²) in [5, 5.41) is 11.9. The molecular formula is C18H29N3O3S. The van der Waals surface area contributed by atoms with E-state index >= 15 is 0 Å². The van der Waals surface area contributed by atoms with Crippen molar-refractivity contribution in [2.45, 2.75) is 52.2 Å². The van der Waals surface area contributed by atoms with Crippen LogP contribution in [0.2, 0.25) is 0 Å². The second-order valence-electron chi connectivity index (χ2n) is 6.44. The van der Waals surface area contributed by atoms with Gasteiger partial charge in [-0.1, -0.05) is 0 Å². The molecular weight excluding hydrogens is 338 g/mol. The molecule has 2 atom stereocenters. The van der Waals surface area contributed by atoms with E-state index in [-0.39, 0.29) is 36.9 Å². The summed E-state index contributed by atoms with van der Waals surface area (Å²) in [4.78, 5) is 31.2. The summed E-state index contributed by atoms with van der Waals surface area (Å²) in [6, 6.07) is 3.94. The van der Waals surface area contributed by atoms with E-state index in [9.17, 15) is 9.59 Å². The van der Waals surface area contributed by atoms with Crippen molar-refractivity contribution in [3.8, 4) is 0 Å². The summed E-state index contributed by atoms with van der Waals surface area (Å²) < 4.78 is 0. The maximum Gasteiger partial charge on any atom is 0.240 e. The molecule has 0 spiro atoms. The van der Waals surface area contributed by atoms with Crippen LogP contribution in [0.1, 0.15) is 36.4 Å². The molecule has 0 radical (unpaired) electrons. The molecule has 6 nitrogen and oxygen atoms in total. The van der Waals surface area contributed by atoms with Crippen LogP contribution in [0.4, 0.5) is 0 Å². The quantitative estimate of drug-likeness (QED) is 0.728. The molecule has 0 aliphatic carbocycles. The number of aliphatic hydroxyl groups excluding tert-OH is 1. The first-order valence-corrected chi connectivity index (χ1v) is 9.78. The van der Waals surface area contributed by atoms with Crippen LogP contribution in [-0.2, 0) is 16.1 Å². The fourth-order valence-corrected chi connectivity index (χ4v) is 4.27. The Hall–Kier alpha value is -1.44. The second-order valence-corrected chi connectivity index (χ2v) is 7.81. The summed E-state index contributed by atoms with van der Waals surface area (Å²) in [6.45, 7) is 8.67. The second kappa shape index (κ2) is 9.31. The molecule has 0 aromatic carbocycles. The first-order valence-electron chi connectivity index (χ1n) is 8.96. The van der Waals surface area contributed by atoms with E-state index in [0.717, 1.165) is 6.54 Å². The topological polar surface area (TPSA) is 72.9 Å². The molecule has 140 valence electrons. The fraction of sp³-hybridized carbons (Fsp3) is 0.667. The van der Waals surface area contributed by atoms with Crippen LogP contribution in [0, 0.1) is 6.92 Å². The number of hydrogen-bond donors (Lipinski definition) is 2. The monoisotopic (exact) mass is 367 g/mol. The predicted octanol–water partition coefficient (Wildman–Crippen LogP) is 1.37. The van der Waals surface area contributed by atoms with Crippen molar-refractivity contribution in [3.63, 3.8) is 0 Å². The Morgan fingerprint density at radius 2 is 2.08 bits per heavy atom. The number of carbonyl (C=O) groups is 2. The van der Waals surface area contributed by atoms with Gasteiger partial charge in [-0.05, 0) is 39.3 Å². The largest absolute Gasteiger partial charge is 0.396 e. The molecule has 0 saturated carbocycles. The molecule has 2 rings (SSSR count). The van der Waals surface area contributed by atoms with Gasteiger partial charge in [0, 0.05) is 48.4 Å². The molecule has 7 heteroatoms. The van der Waals surface area contributed by atoms with Crippen molar-refractivity contribution < 1.29 is 14.7 Å². The van der Waals surface area contributed by atoms with E-state index < -0.39 is 0 Å². The summed E-state index contributed by atoms with van der Waals surface area (Å²) in [5.41, 5.74) is 0. The number of nitrogens with one attached hydrogen (secondary N) is 1. The number of hydrogen-bond acceptors (Lipinski definition) is 5. The molecule has 1 aromatic rings. The van der Waals surface area contributed by atoms with Crippen molar-refractivity contribution in [2.75, 3.05) is 26.2 Å². The maximum atomic E-state index is 12.9. The fourth-order valence-electron chi connectivity index (χ4n) is 3.36. The number of carbonyl (C=O) groups excluding carboxylic acids is 2. The first kappa shape index (κ1) is 19.9. The molecule has 1 aromatic heterocycles. The number of aliphatic hydroxyl groups is 1. The zero-order chi connectivity index (χ0) is 18.4. The van der Waals surface area contributed by atoms with E-state index in [0.29, 0.717) is 26.1 Å². The van der Waals surface area contributed by atoms with Gasteiger partial charge in [0.25, 0.3) is 0 Å². The lowest BCUT2D eigenvalue weighted by atomic mass is 10.1. The lowest BCUT2D eigenvalue weighted by Gasteiger charge is -2.28. The van der Waals surface area contributed by atoms with Gasteiger partial charge in [0.1, 0.15) is 0 Å². The molecule has 1 fully saturated rings. The predicted molar refractivity (Wildman–Crippen MR) is 99.4 cm³/mol.